The third-order valence-corrected chi connectivity index (χ3v) is 3.79. The molecule has 1 aliphatic heterocycles. The smallest absolute Gasteiger partial charge is 0.255 e. The van der Waals surface area contributed by atoms with Crippen LogP contribution in [0, 0.1) is 5.92 Å². The van der Waals surface area contributed by atoms with E-state index in [-0.39, 0.29) is 22.8 Å². The number of primary amides is 1. The molecule has 1 atom stereocenters. The highest BCUT2D eigenvalue weighted by molar-refractivity contribution is 6.36. The zero-order valence-corrected chi connectivity index (χ0v) is 11.2. The van der Waals surface area contributed by atoms with E-state index in [1.54, 1.807) is 23.1 Å². The molecule has 1 unspecified atom stereocenters. The van der Waals surface area contributed by atoms with Gasteiger partial charge in [-0.15, -0.1) is 0 Å². The first-order valence-electron chi connectivity index (χ1n) is 6.13. The van der Waals surface area contributed by atoms with Gasteiger partial charge in [0.25, 0.3) is 5.91 Å². The van der Waals surface area contributed by atoms with Crippen molar-refractivity contribution in [2.45, 2.75) is 12.8 Å². The lowest BCUT2D eigenvalue weighted by atomic mass is 9.97. The molecule has 1 aromatic carbocycles. The van der Waals surface area contributed by atoms with E-state index >= 15 is 0 Å². The maximum absolute atomic E-state index is 12.4. The van der Waals surface area contributed by atoms with Crippen molar-refractivity contribution < 1.29 is 9.59 Å². The number of hydrogen-bond donors (Lipinski definition) is 2. The third kappa shape index (κ3) is 2.81. The van der Waals surface area contributed by atoms with Crippen molar-refractivity contribution in [3.8, 4) is 0 Å². The van der Waals surface area contributed by atoms with Gasteiger partial charge < -0.3 is 16.4 Å². The van der Waals surface area contributed by atoms with Gasteiger partial charge in [0, 0.05) is 13.1 Å². The highest BCUT2D eigenvalue weighted by Crippen LogP contribution is 2.26. The molecule has 102 valence electrons. The van der Waals surface area contributed by atoms with Crippen LogP contribution in [0.25, 0.3) is 0 Å². The van der Waals surface area contributed by atoms with Gasteiger partial charge >= 0.3 is 0 Å². The second-order valence-electron chi connectivity index (χ2n) is 4.70. The van der Waals surface area contributed by atoms with Crippen LogP contribution in [0.3, 0.4) is 0 Å². The third-order valence-electron chi connectivity index (χ3n) is 3.37. The van der Waals surface area contributed by atoms with Gasteiger partial charge in [-0.3, -0.25) is 9.59 Å². The zero-order valence-electron chi connectivity index (χ0n) is 10.4. The first kappa shape index (κ1) is 13.7. The molecular formula is C13H16ClN3O2. The first-order valence-corrected chi connectivity index (χ1v) is 6.51. The van der Waals surface area contributed by atoms with Crippen molar-refractivity contribution in [1.82, 2.24) is 4.90 Å². The monoisotopic (exact) mass is 281 g/mol. The molecule has 19 heavy (non-hydrogen) atoms. The number of likely N-dealkylation sites (tertiary alicyclic amines) is 1. The van der Waals surface area contributed by atoms with Crippen LogP contribution in [0.15, 0.2) is 18.2 Å². The number of carbonyl (C=O) groups is 2. The van der Waals surface area contributed by atoms with Gasteiger partial charge in [-0.1, -0.05) is 17.7 Å². The molecule has 0 spiro atoms. The van der Waals surface area contributed by atoms with Crippen LogP contribution in [0.4, 0.5) is 5.69 Å². The van der Waals surface area contributed by atoms with Crippen LogP contribution in [-0.2, 0) is 4.79 Å². The van der Waals surface area contributed by atoms with E-state index in [1.165, 1.54) is 0 Å². The number of benzene rings is 1. The van der Waals surface area contributed by atoms with E-state index in [1.807, 2.05) is 0 Å². The second kappa shape index (κ2) is 5.48. The number of nitrogen functional groups attached to an aromatic ring is 1. The Morgan fingerprint density at radius 1 is 1.37 bits per heavy atom. The molecule has 1 aliphatic rings. The van der Waals surface area contributed by atoms with Crippen molar-refractivity contribution in [3.63, 3.8) is 0 Å². The Labute approximate surface area is 116 Å². The number of halogens is 1. The minimum Gasteiger partial charge on any atom is -0.398 e. The van der Waals surface area contributed by atoms with Gasteiger partial charge in [0.05, 0.1) is 22.2 Å². The van der Waals surface area contributed by atoms with Crippen molar-refractivity contribution in [2.24, 2.45) is 11.7 Å². The summed E-state index contributed by atoms with van der Waals surface area (Å²) in [6.45, 7) is 0.951. The number of carbonyl (C=O) groups excluding carboxylic acids is 2. The highest BCUT2D eigenvalue weighted by Gasteiger charge is 2.28. The van der Waals surface area contributed by atoms with Gasteiger partial charge in [0.2, 0.25) is 5.91 Å². The number of nitrogens with two attached hydrogens (primary N) is 2. The molecule has 1 aromatic rings. The average Bonchev–Trinajstić information content (AvgIpc) is 2.41. The number of nitrogens with zero attached hydrogens (tertiary/aromatic N) is 1. The van der Waals surface area contributed by atoms with Gasteiger partial charge in [-0.2, -0.15) is 0 Å². The maximum atomic E-state index is 12.4. The molecular weight excluding hydrogens is 266 g/mol. The number of anilines is 1. The van der Waals surface area contributed by atoms with E-state index in [0.717, 1.165) is 12.8 Å². The van der Waals surface area contributed by atoms with Crippen LogP contribution in [0.1, 0.15) is 23.2 Å². The molecule has 0 aliphatic carbocycles. The molecule has 1 saturated heterocycles. The normalized spacial score (nSPS) is 19.2. The summed E-state index contributed by atoms with van der Waals surface area (Å²) in [4.78, 5) is 25.2. The van der Waals surface area contributed by atoms with E-state index in [9.17, 15) is 9.59 Å². The average molecular weight is 282 g/mol. The van der Waals surface area contributed by atoms with Crippen molar-refractivity contribution >= 4 is 29.1 Å². The minimum absolute atomic E-state index is 0.205. The molecule has 0 radical (unpaired) electrons. The Balaban J connectivity index is 2.19. The van der Waals surface area contributed by atoms with Crippen molar-refractivity contribution in [3.05, 3.63) is 28.8 Å². The van der Waals surface area contributed by atoms with Crippen LogP contribution in [0.2, 0.25) is 5.02 Å². The van der Waals surface area contributed by atoms with Crippen LogP contribution >= 0.6 is 11.6 Å². The van der Waals surface area contributed by atoms with Crippen LogP contribution in [0.5, 0.6) is 0 Å². The summed E-state index contributed by atoms with van der Waals surface area (Å²) in [7, 11) is 0. The molecule has 1 heterocycles. The van der Waals surface area contributed by atoms with E-state index in [4.69, 9.17) is 23.1 Å². The Morgan fingerprint density at radius 3 is 2.79 bits per heavy atom. The Hall–Kier alpha value is -1.75. The van der Waals surface area contributed by atoms with Crippen LogP contribution < -0.4 is 11.5 Å². The van der Waals surface area contributed by atoms with Gasteiger partial charge in [-0.25, -0.2) is 0 Å². The van der Waals surface area contributed by atoms with Gasteiger partial charge in [-0.05, 0) is 25.0 Å². The predicted octanol–water partition coefficient (Wildman–Crippen LogP) is 1.26. The van der Waals surface area contributed by atoms with Gasteiger partial charge in [0.15, 0.2) is 0 Å². The number of piperidine rings is 1. The molecule has 1 fully saturated rings. The second-order valence-corrected chi connectivity index (χ2v) is 5.08. The molecule has 2 amide bonds. The largest absolute Gasteiger partial charge is 0.398 e. The summed E-state index contributed by atoms with van der Waals surface area (Å²) in [5.74, 6) is -0.850. The fourth-order valence-electron chi connectivity index (χ4n) is 2.28. The van der Waals surface area contributed by atoms with Crippen LogP contribution in [-0.4, -0.2) is 29.8 Å². The van der Waals surface area contributed by atoms with E-state index in [2.05, 4.69) is 0 Å². The fraction of sp³-hybridized carbons (Fsp3) is 0.385. The van der Waals surface area contributed by atoms with Gasteiger partial charge in [0.1, 0.15) is 0 Å². The fourth-order valence-corrected chi connectivity index (χ4v) is 2.49. The Kier molecular flexibility index (Phi) is 3.95. The SMILES string of the molecule is NC(=O)C1CCCN(C(=O)c2cccc(N)c2Cl)C1. The quantitative estimate of drug-likeness (QED) is 0.800. The Morgan fingerprint density at radius 2 is 2.11 bits per heavy atom. The summed E-state index contributed by atoms with van der Waals surface area (Å²) >= 11 is 6.04. The Bertz CT molecular complexity index is 519. The van der Waals surface area contributed by atoms with E-state index < -0.39 is 0 Å². The molecule has 2 rings (SSSR count). The standard InChI is InChI=1S/C13H16ClN3O2/c14-11-9(4-1-5-10(11)15)13(19)17-6-2-3-8(7-17)12(16)18/h1,4-5,8H,2-3,6-7,15H2,(H2,16,18). The first-order chi connectivity index (χ1) is 9.00. The lowest BCUT2D eigenvalue weighted by Crippen LogP contribution is -2.44. The number of hydrogen-bond acceptors (Lipinski definition) is 3. The van der Waals surface area contributed by atoms with Crippen molar-refractivity contribution in [1.29, 1.82) is 0 Å². The molecule has 0 bridgehead atoms. The predicted molar refractivity (Wildman–Crippen MR) is 73.7 cm³/mol. The summed E-state index contributed by atoms with van der Waals surface area (Å²) in [6.07, 6.45) is 1.49. The number of amides is 2. The summed E-state index contributed by atoms with van der Waals surface area (Å²) in [6, 6.07) is 4.96. The lowest BCUT2D eigenvalue weighted by molar-refractivity contribution is -0.123. The summed E-state index contributed by atoms with van der Waals surface area (Å²) in [5, 5.41) is 0.258. The molecule has 6 heteroatoms. The minimum atomic E-state index is -0.365. The molecule has 5 nitrogen and oxygen atoms in total. The lowest BCUT2D eigenvalue weighted by Gasteiger charge is -2.31. The van der Waals surface area contributed by atoms with Crippen molar-refractivity contribution in [2.75, 3.05) is 18.8 Å². The molecule has 4 N–H and O–H groups in total. The topological polar surface area (TPSA) is 89.4 Å². The van der Waals surface area contributed by atoms with E-state index in [0.29, 0.717) is 24.3 Å². The summed E-state index contributed by atoms with van der Waals surface area (Å²) < 4.78 is 0. The molecule has 0 aromatic heterocycles. The maximum Gasteiger partial charge on any atom is 0.255 e. The number of rotatable bonds is 2. The zero-order chi connectivity index (χ0) is 14.0. The summed E-state index contributed by atoms with van der Waals surface area (Å²) in [5.41, 5.74) is 11.7. The molecule has 0 saturated carbocycles. The highest BCUT2D eigenvalue weighted by atomic mass is 35.5.